The summed E-state index contributed by atoms with van der Waals surface area (Å²) in [6.07, 6.45) is 0.956. The predicted molar refractivity (Wildman–Crippen MR) is 134 cm³/mol. The number of benzene rings is 1. The number of rotatable bonds is 7. The summed E-state index contributed by atoms with van der Waals surface area (Å²) in [6.45, 7) is 11.2. The number of carbonyl (C=O) groups is 3. The first-order chi connectivity index (χ1) is 16.2. The number of likely N-dealkylation sites (N-methyl/N-ethyl adjacent to an activating group) is 1. The highest BCUT2D eigenvalue weighted by atomic mass is 16.2. The van der Waals surface area contributed by atoms with Crippen LogP contribution in [0.1, 0.15) is 17.5 Å². The van der Waals surface area contributed by atoms with Gasteiger partial charge >= 0.3 is 0 Å². The first-order valence-corrected chi connectivity index (χ1v) is 12.2. The van der Waals surface area contributed by atoms with Crippen molar-refractivity contribution in [1.82, 2.24) is 24.5 Å². The van der Waals surface area contributed by atoms with Crippen molar-refractivity contribution in [2.75, 3.05) is 91.4 Å². The Morgan fingerprint density at radius 2 is 1.32 bits per heavy atom. The van der Waals surface area contributed by atoms with Crippen LogP contribution in [0.25, 0.3) is 0 Å². The second kappa shape index (κ2) is 12.3. The van der Waals surface area contributed by atoms with Crippen molar-refractivity contribution in [1.29, 1.82) is 0 Å². The number of para-hydroxylation sites is 1. The van der Waals surface area contributed by atoms with E-state index < -0.39 is 0 Å². The molecule has 9 nitrogen and oxygen atoms in total. The lowest BCUT2D eigenvalue weighted by Crippen LogP contribution is -2.52. The van der Waals surface area contributed by atoms with Crippen LogP contribution in [-0.4, -0.2) is 128 Å². The Balaban J connectivity index is 1.39. The minimum atomic E-state index is -0.0148. The van der Waals surface area contributed by atoms with E-state index >= 15 is 0 Å². The zero-order valence-corrected chi connectivity index (χ0v) is 21.2. The lowest BCUT2D eigenvalue weighted by Gasteiger charge is -2.35. The quantitative estimate of drug-likeness (QED) is 0.622. The van der Waals surface area contributed by atoms with Gasteiger partial charge in [-0.05, 0) is 44.5 Å². The molecule has 188 valence electrons. The molecule has 0 saturated carbocycles. The van der Waals surface area contributed by atoms with Crippen molar-refractivity contribution in [2.24, 2.45) is 0 Å². The Hall–Kier alpha value is -2.49. The van der Waals surface area contributed by atoms with Crippen LogP contribution in [0.2, 0.25) is 0 Å². The van der Waals surface area contributed by atoms with Crippen LogP contribution in [-0.2, 0) is 14.4 Å². The number of nitrogens with zero attached hydrogens (tertiary/aromatic N) is 5. The monoisotopic (exact) mass is 472 g/mol. The highest BCUT2D eigenvalue weighted by Gasteiger charge is 2.25. The van der Waals surface area contributed by atoms with Crippen LogP contribution < -0.4 is 5.32 Å². The summed E-state index contributed by atoms with van der Waals surface area (Å²) in [6, 6.07) is 5.99. The topological polar surface area (TPSA) is 79.4 Å². The van der Waals surface area contributed by atoms with Gasteiger partial charge < -0.3 is 15.1 Å². The number of carbonyl (C=O) groups excluding carboxylic acids is 3. The van der Waals surface area contributed by atoms with Crippen molar-refractivity contribution < 1.29 is 14.4 Å². The summed E-state index contributed by atoms with van der Waals surface area (Å²) in [7, 11) is 3.56. The van der Waals surface area contributed by atoms with Gasteiger partial charge in [0.15, 0.2) is 0 Å². The van der Waals surface area contributed by atoms with Crippen LogP contribution in [0, 0.1) is 13.8 Å². The van der Waals surface area contributed by atoms with E-state index in [0.29, 0.717) is 45.8 Å². The van der Waals surface area contributed by atoms with Gasteiger partial charge in [0.05, 0.1) is 19.6 Å². The summed E-state index contributed by atoms with van der Waals surface area (Å²) in [5.41, 5.74) is 3.01. The molecule has 0 aliphatic carbocycles. The van der Waals surface area contributed by atoms with Gasteiger partial charge in [0, 0.05) is 59.1 Å². The number of anilines is 1. The maximum atomic E-state index is 12.9. The molecule has 3 amide bonds. The Kier molecular flexibility index (Phi) is 9.44. The van der Waals surface area contributed by atoms with Gasteiger partial charge in [-0.25, -0.2) is 0 Å². The molecule has 2 saturated heterocycles. The molecule has 2 aliphatic rings. The van der Waals surface area contributed by atoms with E-state index in [1.807, 2.05) is 36.9 Å². The van der Waals surface area contributed by atoms with Crippen LogP contribution in [0.4, 0.5) is 5.69 Å². The number of hydrogen-bond acceptors (Lipinski definition) is 6. The van der Waals surface area contributed by atoms with E-state index in [-0.39, 0.29) is 17.7 Å². The van der Waals surface area contributed by atoms with Gasteiger partial charge in [-0.2, -0.15) is 0 Å². The van der Waals surface area contributed by atoms with E-state index in [1.165, 1.54) is 0 Å². The number of amides is 3. The first-order valence-electron chi connectivity index (χ1n) is 12.2. The summed E-state index contributed by atoms with van der Waals surface area (Å²) >= 11 is 0. The highest BCUT2D eigenvalue weighted by molar-refractivity contribution is 5.93. The fourth-order valence-corrected chi connectivity index (χ4v) is 4.51. The fourth-order valence-electron chi connectivity index (χ4n) is 4.51. The van der Waals surface area contributed by atoms with Gasteiger partial charge in [0.2, 0.25) is 17.7 Å². The molecule has 0 bridgehead atoms. The van der Waals surface area contributed by atoms with Gasteiger partial charge in [0.25, 0.3) is 0 Å². The van der Waals surface area contributed by atoms with Crippen molar-refractivity contribution in [3.8, 4) is 0 Å². The molecular weight excluding hydrogens is 432 g/mol. The average molecular weight is 473 g/mol. The van der Waals surface area contributed by atoms with Gasteiger partial charge in [0.1, 0.15) is 0 Å². The lowest BCUT2D eigenvalue weighted by molar-refractivity contribution is -0.134. The molecule has 0 atom stereocenters. The van der Waals surface area contributed by atoms with Crippen molar-refractivity contribution in [3.63, 3.8) is 0 Å². The zero-order valence-electron chi connectivity index (χ0n) is 21.2. The maximum absolute atomic E-state index is 12.9. The van der Waals surface area contributed by atoms with E-state index in [9.17, 15) is 14.4 Å². The molecular formula is C25H40N6O3. The third-order valence-corrected chi connectivity index (χ3v) is 6.74. The van der Waals surface area contributed by atoms with E-state index in [4.69, 9.17) is 0 Å². The molecule has 34 heavy (non-hydrogen) atoms. The molecule has 0 radical (unpaired) electrons. The Labute approximate surface area is 203 Å². The second-order valence-corrected chi connectivity index (χ2v) is 9.67. The third kappa shape index (κ3) is 7.51. The molecule has 1 aromatic rings. The molecule has 1 N–H and O–H groups in total. The number of aryl methyl sites for hydroxylation is 2. The Morgan fingerprint density at radius 3 is 1.91 bits per heavy atom. The molecule has 0 unspecified atom stereocenters. The largest absolute Gasteiger partial charge is 0.348 e. The zero-order chi connectivity index (χ0) is 24.7. The molecule has 0 aromatic heterocycles. The standard InChI is InChI=1S/C25H40N6O3/c1-20-7-5-8-21(2)25(20)26-22(32)17-30-13-15-31(16-14-30)24(34)19-29-10-6-9-28(11-12-29)18-23(33)27(3)4/h5,7-8H,6,9-19H2,1-4H3,(H,26,32). The van der Waals surface area contributed by atoms with E-state index in [0.717, 1.165) is 49.4 Å². The normalized spacial score (nSPS) is 18.4. The van der Waals surface area contributed by atoms with Crippen LogP contribution in [0.5, 0.6) is 0 Å². The first kappa shape index (κ1) is 26.1. The van der Waals surface area contributed by atoms with Crippen molar-refractivity contribution in [2.45, 2.75) is 20.3 Å². The molecule has 2 fully saturated rings. The van der Waals surface area contributed by atoms with Crippen molar-refractivity contribution >= 4 is 23.4 Å². The molecule has 2 aliphatic heterocycles. The SMILES string of the molecule is Cc1cccc(C)c1NC(=O)CN1CCN(C(=O)CN2CCCN(CC(=O)N(C)C)CC2)CC1. The molecule has 9 heteroatoms. The van der Waals surface area contributed by atoms with Gasteiger partial charge in [-0.3, -0.25) is 29.1 Å². The van der Waals surface area contributed by atoms with Crippen LogP contribution >= 0.6 is 0 Å². The second-order valence-electron chi connectivity index (χ2n) is 9.67. The lowest BCUT2D eigenvalue weighted by atomic mass is 10.1. The summed E-state index contributed by atoms with van der Waals surface area (Å²) in [5.74, 6) is 0.251. The maximum Gasteiger partial charge on any atom is 0.238 e. The summed E-state index contributed by atoms with van der Waals surface area (Å²) < 4.78 is 0. The van der Waals surface area contributed by atoms with Gasteiger partial charge in [-0.1, -0.05) is 18.2 Å². The molecule has 0 spiro atoms. The van der Waals surface area contributed by atoms with Crippen molar-refractivity contribution in [3.05, 3.63) is 29.3 Å². The molecule has 1 aromatic carbocycles. The number of hydrogen-bond donors (Lipinski definition) is 1. The Bertz CT molecular complexity index is 846. The summed E-state index contributed by atoms with van der Waals surface area (Å²) in [5, 5.41) is 3.05. The Morgan fingerprint density at radius 1 is 0.794 bits per heavy atom. The number of nitrogens with one attached hydrogen (secondary N) is 1. The van der Waals surface area contributed by atoms with Gasteiger partial charge in [-0.15, -0.1) is 0 Å². The average Bonchev–Trinajstić information content (AvgIpc) is 3.01. The minimum Gasteiger partial charge on any atom is -0.348 e. The number of piperazine rings is 1. The fraction of sp³-hybridized carbons (Fsp3) is 0.640. The smallest absolute Gasteiger partial charge is 0.238 e. The molecule has 3 rings (SSSR count). The third-order valence-electron chi connectivity index (χ3n) is 6.74. The van der Waals surface area contributed by atoms with E-state index in [1.54, 1.807) is 19.0 Å². The van der Waals surface area contributed by atoms with Crippen LogP contribution in [0.15, 0.2) is 18.2 Å². The molecule has 2 heterocycles. The van der Waals surface area contributed by atoms with E-state index in [2.05, 4.69) is 20.0 Å². The highest BCUT2D eigenvalue weighted by Crippen LogP contribution is 2.19. The van der Waals surface area contributed by atoms with Crippen LogP contribution in [0.3, 0.4) is 0 Å². The predicted octanol–water partition coefficient (Wildman–Crippen LogP) is 0.482. The summed E-state index contributed by atoms with van der Waals surface area (Å²) in [4.78, 5) is 47.5. The minimum absolute atomic E-state index is 0.0148.